The maximum Gasteiger partial charge on any atom is 0.265 e. The zero-order valence-corrected chi connectivity index (χ0v) is 20.5. The van der Waals surface area contributed by atoms with Crippen LogP contribution in [-0.2, 0) is 10.8 Å². The Kier molecular flexibility index (Phi) is 7.21. The van der Waals surface area contributed by atoms with Crippen molar-refractivity contribution >= 4 is 24.2 Å². The topological polar surface area (TPSA) is 87.5 Å². The highest BCUT2D eigenvalue weighted by atomic mass is 15.4. The van der Waals surface area contributed by atoms with Crippen molar-refractivity contribution in [2.24, 2.45) is 10.2 Å². The number of rotatable bonds is 6. The van der Waals surface area contributed by atoms with Gasteiger partial charge in [0.1, 0.15) is 5.69 Å². The number of anilines is 2. The summed E-state index contributed by atoms with van der Waals surface area (Å²) in [6.45, 7) is 15.0. The third-order valence-electron chi connectivity index (χ3n) is 5.17. The molecule has 7 heteroatoms. The Morgan fingerprint density at radius 3 is 1.58 bits per heavy atom. The molecule has 3 rings (SSSR count). The van der Waals surface area contributed by atoms with Gasteiger partial charge in [-0.3, -0.25) is 5.43 Å². The molecule has 0 saturated heterocycles. The van der Waals surface area contributed by atoms with E-state index in [-0.39, 0.29) is 16.8 Å². The highest BCUT2D eigenvalue weighted by Gasteiger charge is 2.13. The molecule has 0 radical (unpaired) electrons. The molecule has 0 atom stereocenters. The summed E-state index contributed by atoms with van der Waals surface area (Å²) in [7, 11) is 0. The van der Waals surface area contributed by atoms with Gasteiger partial charge in [0.25, 0.3) is 5.95 Å². The quantitative estimate of drug-likeness (QED) is 0.379. The van der Waals surface area contributed by atoms with Gasteiger partial charge < -0.3 is 0 Å². The summed E-state index contributed by atoms with van der Waals surface area (Å²) in [6.07, 6.45) is 3.47. The first-order valence-electron chi connectivity index (χ1n) is 11.0. The Balaban J connectivity index is 1.61. The summed E-state index contributed by atoms with van der Waals surface area (Å²) >= 11 is 0. The highest BCUT2D eigenvalue weighted by molar-refractivity contribution is 5.80. The normalized spacial score (nSPS) is 12.5. The van der Waals surface area contributed by atoms with Crippen molar-refractivity contribution in [1.82, 2.24) is 15.2 Å². The SMILES string of the molecule is Cc1nnc(NN=Cc2ccc(C(C)(C)C)cc2)nc1NN=Cc1ccc(C(C)(C)C)cc1. The van der Waals surface area contributed by atoms with Crippen LogP contribution in [-0.4, -0.2) is 27.6 Å². The van der Waals surface area contributed by atoms with Crippen LogP contribution in [0.15, 0.2) is 58.7 Å². The number of aryl methyl sites for hydroxylation is 1. The molecule has 0 bridgehead atoms. The molecular formula is C26H33N7. The van der Waals surface area contributed by atoms with Crippen LogP contribution in [0.5, 0.6) is 0 Å². The van der Waals surface area contributed by atoms with Gasteiger partial charge in [-0.25, -0.2) is 5.43 Å². The number of benzene rings is 2. The lowest BCUT2D eigenvalue weighted by atomic mass is 9.87. The Morgan fingerprint density at radius 2 is 1.12 bits per heavy atom. The molecular weight excluding hydrogens is 410 g/mol. The van der Waals surface area contributed by atoms with E-state index in [1.807, 2.05) is 31.2 Å². The lowest BCUT2D eigenvalue weighted by Crippen LogP contribution is -2.10. The van der Waals surface area contributed by atoms with Crippen LogP contribution in [0.4, 0.5) is 11.8 Å². The molecule has 0 aliphatic rings. The number of hydrogen-bond acceptors (Lipinski definition) is 7. The molecule has 0 saturated carbocycles. The largest absolute Gasteiger partial charge is 0.265 e. The number of hydrazone groups is 2. The average molecular weight is 444 g/mol. The van der Waals surface area contributed by atoms with Crippen molar-refractivity contribution in [1.29, 1.82) is 0 Å². The molecule has 0 unspecified atom stereocenters. The highest BCUT2D eigenvalue weighted by Crippen LogP contribution is 2.22. The second-order valence-corrected chi connectivity index (χ2v) is 10.1. The number of aromatic nitrogens is 3. The van der Waals surface area contributed by atoms with Gasteiger partial charge in [0.05, 0.1) is 12.4 Å². The van der Waals surface area contributed by atoms with Crippen molar-refractivity contribution in [3.63, 3.8) is 0 Å². The second-order valence-electron chi connectivity index (χ2n) is 10.1. The standard InChI is InChI=1S/C26H33N7/c1-18-23(31-27-16-19-8-12-21(13-9-19)25(2,3)4)29-24(33-30-18)32-28-17-20-10-14-22(15-11-20)26(5,6)7/h8-17H,1-7H3,(H2,29,31,32,33). The third kappa shape index (κ3) is 6.94. The monoisotopic (exact) mass is 443 g/mol. The fourth-order valence-electron chi connectivity index (χ4n) is 3.00. The summed E-state index contributed by atoms with van der Waals surface area (Å²) in [4.78, 5) is 4.40. The Labute approximate surface area is 196 Å². The molecule has 2 aromatic carbocycles. The molecule has 0 aliphatic carbocycles. The van der Waals surface area contributed by atoms with Gasteiger partial charge >= 0.3 is 0 Å². The van der Waals surface area contributed by atoms with E-state index in [0.717, 1.165) is 11.1 Å². The maximum absolute atomic E-state index is 4.40. The molecule has 0 amide bonds. The van der Waals surface area contributed by atoms with Crippen molar-refractivity contribution in [3.05, 3.63) is 76.5 Å². The van der Waals surface area contributed by atoms with Gasteiger partial charge in [0, 0.05) is 0 Å². The lowest BCUT2D eigenvalue weighted by Gasteiger charge is -2.18. The lowest BCUT2D eigenvalue weighted by molar-refractivity contribution is 0.590. The summed E-state index contributed by atoms with van der Waals surface area (Å²) in [5.41, 5.74) is 11.2. The first kappa shape index (κ1) is 24.0. The number of hydrogen-bond donors (Lipinski definition) is 2. The smallest absolute Gasteiger partial charge is 0.260 e. The minimum Gasteiger partial charge on any atom is -0.260 e. The van der Waals surface area contributed by atoms with Gasteiger partial charge in [-0.2, -0.15) is 15.2 Å². The maximum atomic E-state index is 4.40. The molecule has 1 aromatic heterocycles. The van der Waals surface area contributed by atoms with E-state index in [4.69, 9.17) is 0 Å². The molecule has 172 valence electrons. The van der Waals surface area contributed by atoms with Crippen LogP contribution in [0.2, 0.25) is 0 Å². The van der Waals surface area contributed by atoms with Crippen LogP contribution in [0, 0.1) is 6.92 Å². The van der Waals surface area contributed by atoms with Crippen LogP contribution in [0.1, 0.15) is 69.5 Å². The fourth-order valence-corrected chi connectivity index (χ4v) is 3.00. The fraction of sp³-hybridized carbons (Fsp3) is 0.346. The van der Waals surface area contributed by atoms with E-state index in [0.29, 0.717) is 11.5 Å². The molecule has 0 spiro atoms. The zero-order chi connectivity index (χ0) is 24.1. The number of nitrogens with one attached hydrogen (secondary N) is 2. The van der Waals surface area contributed by atoms with Crippen molar-refractivity contribution in [2.75, 3.05) is 10.9 Å². The van der Waals surface area contributed by atoms with E-state index in [2.05, 4.69) is 102 Å². The van der Waals surface area contributed by atoms with Gasteiger partial charge in [-0.15, -0.1) is 10.2 Å². The predicted molar refractivity (Wildman–Crippen MR) is 137 cm³/mol. The van der Waals surface area contributed by atoms with Gasteiger partial charge in [0.2, 0.25) is 0 Å². The minimum atomic E-state index is 0.122. The summed E-state index contributed by atoms with van der Waals surface area (Å²) in [5.74, 6) is 0.801. The Morgan fingerprint density at radius 1 is 0.667 bits per heavy atom. The van der Waals surface area contributed by atoms with E-state index < -0.39 is 0 Å². The first-order valence-corrected chi connectivity index (χ1v) is 11.0. The predicted octanol–water partition coefficient (Wildman–Crippen LogP) is 5.67. The molecule has 7 nitrogen and oxygen atoms in total. The zero-order valence-electron chi connectivity index (χ0n) is 20.5. The Bertz CT molecular complexity index is 1120. The van der Waals surface area contributed by atoms with E-state index in [1.165, 1.54) is 11.1 Å². The van der Waals surface area contributed by atoms with Gasteiger partial charge in [0.15, 0.2) is 5.82 Å². The summed E-state index contributed by atoms with van der Waals surface area (Å²) < 4.78 is 0. The van der Waals surface area contributed by atoms with Crippen molar-refractivity contribution in [2.45, 2.75) is 59.3 Å². The van der Waals surface area contributed by atoms with Gasteiger partial charge in [-0.05, 0) is 40.0 Å². The third-order valence-corrected chi connectivity index (χ3v) is 5.17. The van der Waals surface area contributed by atoms with Crippen molar-refractivity contribution in [3.8, 4) is 0 Å². The van der Waals surface area contributed by atoms with Crippen LogP contribution in [0.25, 0.3) is 0 Å². The van der Waals surface area contributed by atoms with Crippen LogP contribution in [0.3, 0.4) is 0 Å². The molecule has 33 heavy (non-hydrogen) atoms. The van der Waals surface area contributed by atoms with Crippen LogP contribution < -0.4 is 10.9 Å². The van der Waals surface area contributed by atoms with E-state index in [1.54, 1.807) is 12.4 Å². The molecule has 2 N–H and O–H groups in total. The first-order chi connectivity index (χ1) is 15.5. The average Bonchev–Trinajstić information content (AvgIpc) is 2.75. The molecule has 0 fully saturated rings. The van der Waals surface area contributed by atoms with E-state index >= 15 is 0 Å². The summed E-state index contributed by atoms with van der Waals surface area (Å²) in [5, 5.41) is 16.7. The van der Waals surface area contributed by atoms with Crippen molar-refractivity contribution < 1.29 is 0 Å². The summed E-state index contributed by atoms with van der Waals surface area (Å²) in [6, 6.07) is 16.6. The molecule has 3 aromatic rings. The van der Waals surface area contributed by atoms with E-state index in [9.17, 15) is 0 Å². The molecule has 1 heterocycles. The molecule has 0 aliphatic heterocycles. The van der Waals surface area contributed by atoms with Gasteiger partial charge in [-0.1, -0.05) is 90.1 Å². The second kappa shape index (κ2) is 9.90. The number of nitrogens with zero attached hydrogens (tertiary/aromatic N) is 5. The van der Waals surface area contributed by atoms with Crippen LogP contribution >= 0.6 is 0 Å². The minimum absolute atomic E-state index is 0.122. The Hall–Kier alpha value is -3.61.